The average molecular weight is 436 g/mol. The Hall–Kier alpha value is -2.71. The number of allylic oxidation sites excluding steroid dienone is 1. The third kappa shape index (κ3) is 6.40. The van der Waals surface area contributed by atoms with Crippen LogP contribution in [0.5, 0.6) is 0 Å². The van der Waals surface area contributed by atoms with Crippen LogP contribution in [-0.4, -0.2) is 65.8 Å². The molecule has 162 valence electrons. The third-order valence-electron chi connectivity index (χ3n) is 4.51. The maximum absolute atomic E-state index is 12.3. The minimum Gasteiger partial charge on any atom is -0.388 e. The third-order valence-corrected chi connectivity index (χ3v) is 5.75. The molecule has 1 saturated heterocycles. The number of nitrogens with one attached hydrogen (secondary N) is 2. The summed E-state index contributed by atoms with van der Waals surface area (Å²) in [6, 6.07) is 4.98. The van der Waals surface area contributed by atoms with E-state index in [4.69, 9.17) is 5.21 Å². The SMILES string of the molecule is CC(C)(O)[C@H](NC(=O)c1ccc(C#C/C=C/C2CN(S(C)(=O)=O)C2)cc1)C(=O)NO. The molecule has 2 amide bonds. The predicted octanol–water partition coefficient (Wildman–Crippen LogP) is -0.140. The molecule has 2 rings (SSSR count). The Morgan fingerprint density at radius 1 is 1.27 bits per heavy atom. The van der Waals surface area contributed by atoms with E-state index in [0.29, 0.717) is 18.7 Å². The molecule has 9 nitrogen and oxygen atoms in total. The maximum Gasteiger partial charge on any atom is 0.268 e. The number of benzene rings is 1. The summed E-state index contributed by atoms with van der Waals surface area (Å²) in [5, 5.41) is 21.2. The van der Waals surface area contributed by atoms with Gasteiger partial charge in [0.25, 0.3) is 11.8 Å². The number of aliphatic hydroxyl groups is 1. The van der Waals surface area contributed by atoms with E-state index in [1.54, 1.807) is 18.2 Å². The zero-order chi connectivity index (χ0) is 22.5. The van der Waals surface area contributed by atoms with Crippen LogP contribution in [0, 0.1) is 17.8 Å². The average Bonchev–Trinajstić information content (AvgIpc) is 2.62. The molecule has 1 aliphatic heterocycles. The molecule has 0 bridgehead atoms. The van der Waals surface area contributed by atoms with Crippen molar-refractivity contribution in [2.24, 2.45) is 5.92 Å². The van der Waals surface area contributed by atoms with Gasteiger partial charge in [-0.1, -0.05) is 17.9 Å². The number of hydrogen-bond acceptors (Lipinski definition) is 6. The first-order chi connectivity index (χ1) is 13.9. The summed E-state index contributed by atoms with van der Waals surface area (Å²) in [6.07, 6.45) is 4.72. The smallest absolute Gasteiger partial charge is 0.268 e. The number of carbonyl (C=O) groups is 2. The number of hydrogen-bond donors (Lipinski definition) is 4. The Balaban J connectivity index is 1.94. The lowest BCUT2D eigenvalue weighted by atomic mass is 9.97. The van der Waals surface area contributed by atoms with Crippen LogP contribution in [0.2, 0.25) is 0 Å². The van der Waals surface area contributed by atoms with Gasteiger partial charge in [0.05, 0.1) is 11.9 Å². The van der Waals surface area contributed by atoms with Crippen LogP contribution in [0.4, 0.5) is 0 Å². The van der Waals surface area contributed by atoms with Gasteiger partial charge in [0.2, 0.25) is 10.0 Å². The van der Waals surface area contributed by atoms with Crippen molar-refractivity contribution in [3.8, 4) is 11.8 Å². The van der Waals surface area contributed by atoms with E-state index in [9.17, 15) is 23.1 Å². The largest absolute Gasteiger partial charge is 0.388 e. The van der Waals surface area contributed by atoms with Gasteiger partial charge in [0.15, 0.2) is 0 Å². The van der Waals surface area contributed by atoms with Gasteiger partial charge in [0, 0.05) is 30.1 Å². The van der Waals surface area contributed by atoms with Gasteiger partial charge in [-0.25, -0.2) is 18.2 Å². The monoisotopic (exact) mass is 435 g/mol. The highest BCUT2D eigenvalue weighted by Gasteiger charge is 2.35. The van der Waals surface area contributed by atoms with Crippen molar-refractivity contribution < 1.29 is 28.3 Å². The van der Waals surface area contributed by atoms with E-state index in [-0.39, 0.29) is 11.5 Å². The van der Waals surface area contributed by atoms with E-state index in [1.807, 2.05) is 6.08 Å². The summed E-state index contributed by atoms with van der Waals surface area (Å²) >= 11 is 0. The van der Waals surface area contributed by atoms with Gasteiger partial charge in [-0.3, -0.25) is 14.8 Å². The standard InChI is InChI=1S/C20H25N3O6S/c1-20(2,26)17(19(25)22-27)21-18(24)16-10-8-14(9-11-16)6-4-5-7-15-12-23(13-15)30(3,28)29/h5,7-11,15,17,26-27H,12-13H2,1-3H3,(H,21,24)(H,22,25)/b7-5+/t17-/m1/s1. The second kappa shape index (κ2) is 9.40. The van der Waals surface area contributed by atoms with Crippen LogP contribution < -0.4 is 10.8 Å². The second-order valence-corrected chi connectivity index (χ2v) is 9.56. The van der Waals surface area contributed by atoms with Crippen molar-refractivity contribution in [3.63, 3.8) is 0 Å². The first-order valence-corrected chi connectivity index (χ1v) is 11.0. The Bertz CT molecular complexity index is 978. The van der Waals surface area contributed by atoms with Crippen molar-refractivity contribution in [3.05, 3.63) is 47.5 Å². The summed E-state index contributed by atoms with van der Waals surface area (Å²) in [7, 11) is -3.12. The molecule has 1 aromatic carbocycles. The first-order valence-electron chi connectivity index (χ1n) is 9.12. The topological polar surface area (TPSA) is 136 Å². The van der Waals surface area contributed by atoms with E-state index in [2.05, 4.69) is 17.2 Å². The molecule has 0 spiro atoms. The lowest BCUT2D eigenvalue weighted by Gasteiger charge is -2.35. The Kier molecular flexibility index (Phi) is 7.39. The highest BCUT2D eigenvalue weighted by atomic mass is 32.2. The fourth-order valence-corrected chi connectivity index (χ4v) is 3.64. The predicted molar refractivity (Wildman–Crippen MR) is 110 cm³/mol. The maximum atomic E-state index is 12.3. The number of rotatable bonds is 6. The molecular weight excluding hydrogens is 410 g/mol. The fraction of sp³-hybridized carbons (Fsp3) is 0.400. The van der Waals surface area contributed by atoms with Crippen molar-refractivity contribution >= 4 is 21.8 Å². The van der Waals surface area contributed by atoms with Crippen LogP contribution in [0.25, 0.3) is 0 Å². The molecular formula is C20H25N3O6S. The first kappa shape index (κ1) is 23.6. The van der Waals surface area contributed by atoms with Gasteiger partial charge in [-0.05, 0) is 44.2 Å². The van der Waals surface area contributed by atoms with Crippen LogP contribution >= 0.6 is 0 Å². The highest BCUT2D eigenvalue weighted by molar-refractivity contribution is 7.88. The zero-order valence-corrected chi connectivity index (χ0v) is 17.7. The molecule has 1 aliphatic rings. The van der Waals surface area contributed by atoms with Gasteiger partial charge in [0.1, 0.15) is 6.04 Å². The summed E-state index contributed by atoms with van der Waals surface area (Å²) < 4.78 is 24.0. The Morgan fingerprint density at radius 3 is 2.37 bits per heavy atom. The van der Waals surface area contributed by atoms with Crippen LogP contribution in [-0.2, 0) is 14.8 Å². The second-order valence-electron chi connectivity index (χ2n) is 7.58. The number of hydroxylamine groups is 1. The molecule has 1 fully saturated rings. The Labute approximate surface area is 175 Å². The van der Waals surface area contributed by atoms with Crippen LogP contribution in [0.15, 0.2) is 36.4 Å². The number of carbonyl (C=O) groups excluding carboxylic acids is 2. The minimum atomic E-state index is -3.12. The van der Waals surface area contributed by atoms with Crippen molar-refractivity contribution in [1.82, 2.24) is 15.1 Å². The minimum absolute atomic E-state index is 0.153. The molecule has 0 radical (unpaired) electrons. The van der Waals surface area contributed by atoms with Crippen molar-refractivity contribution in [2.75, 3.05) is 19.3 Å². The molecule has 0 aromatic heterocycles. The lowest BCUT2D eigenvalue weighted by molar-refractivity contribution is -0.136. The fourth-order valence-electron chi connectivity index (χ4n) is 2.72. The van der Waals surface area contributed by atoms with E-state index in [1.165, 1.54) is 42.0 Å². The normalized spacial score (nSPS) is 16.3. The Morgan fingerprint density at radius 2 is 1.87 bits per heavy atom. The molecule has 10 heteroatoms. The number of nitrogens with zero attached hydrogens (tertiary/aromatic N) is 1. The van der Waals surface area contributed by atoms with Crippen LogP contribution in [0.1, 0.15) is 29.8 Å². The molecule has 0 aliphatic carbocycles. The van der Waals surface area contributed by atoms with Crippen molar-refractivity contribution in [1.29, 1.82) is 0 Å². The molecule has 1 heterocycles. The summed E-state index contributed by atoms with van der Waals surface area (Å²) in [6.45, 7) is 3.59. The summed E-state index contributed by atoms with van der Waals surface area (Å²) in [5.41, 5.74) is 0.755. The van der Waals surface area contributed by atoms with E-state index < -0.39 is 33.5 Å². The zero-order valence-electron chi connectivity index (χ0n) is 16.9. The van der Waals surface area contributed by atoms with Crippen molar-refractivity contribution in [2.45, 2.75) is 25.5 Å². The van der Waals surface area contributed by atoms with E-state index >= 15 is 0 Å². The number of amides is 2. The van der Waals surface area contributed by atoms with Gasteiger partial charge < -0.3 is 10.4 Å². The van der Waals surface area contributed by atoms with Gasteiger partial charge in [-0.15, -0.1) is 0 Å². The van der Waals surface area contributed by atoms with Gasteiger partial charge >= 0.3 is 0 Å². The molecule has 0 saturated carbocycles. The molecule has 0 unspecified atom stereocenters. The molecule has 1 aromatic rings. The van der Waals surface area contributed by atoms with E-state index in [0.717, 1.165) is 0 Å². The quantitative estimate of drug-likeness (QED) is 0.279. The van der Waals surface area contributed by atoms with Crippen LogP contribution in [0.3, 0.4) is 0 Å². The van der Waals surface area contributed by atoms with Gasteiger partial charge in [-0.2, -0.15) is 0 Å². The summed E-state index contributed by atoms with van der Waals surface area (Å²) in [5.74, 6) is 4.40. The summed E-state index contributed by atoms with van der Waals surface area (Å²) in [4.78, 5) is 24.0. The molecule has 30 heavy (non-hydrogen) atoms. The lowest BCUT2D eigenvalue weighted by Crippen LogP contribution is -2.57. The number of sulfonamides is 1. The molecule has 4 N–H and O–H groups in total. The molecule has 1 atom stereocenters. The highest BCUT2D eigenvalue weighted by Crippen LogP contribution is 2.19.